The fourth-order valence-electron chi connectivity index (χ4n) is 3.84. The molecule has 142 valence electrons. The standard InChI is InChI=1S/C23H27NO3/c1-4-6-15-24-21(19-9-7-8-10-20(19)23(24)26)18(5-2)22(25)16-11-13-17(27-3)14-12-16/h5,7-14,18,21-22,25H,2,4,6,15H2,1,3H3. The molecule has 2 aromatic carbocycles. The molecule has 0 saturated heterocycles. The lowest BCUT2D eigenvalue weighted by atomic mass is 9.85. The van der Waals surface area contributed by atoms with Gasteiger partial charge >= 0.3 is 0 Å². The Morgan fingerprint density at radius 3 is 2.56 bits per heavy atom. The van der Waals surface area contributed by atoms with Gasteiger partial charge in [-0.3, -0.25) is 4.79 Å². The molecule has 0 bridgehead atoms. The van der Waals surface area contributed by atoms with Crippen molar-refractivity contribution in [1.29, 1.82) is 0 Å². The first-order valence-corrected chi connectivity index (χ1v) is 9.46. The molecular weight excluding hydrogens is 338 g/mol. The second-order valence-electron chi connectivity index (χ2n) is 6.92. The number of hydrogen-bond acceptors (Lipinski definition) is 3. The van der Waals surface area contributed by atoms with E-state index < -0.39 is 6.10 Å². The van der Waals surface area contributed by atoms with Crippen LogP contribution in [0.5, 0.6) is 5.75 Å². The van der Waals surface area contributed by atoms with Gasteiger partial charge in [-0.1, -0.05) is 49.8 Å². The number of aliphatic hydroxyl groups is 1. The van der Waals surface area contributed by atoms with E-state index in [9.17, 15) is 9.90 Å². The third-order valence-electron chi connectivity index (χ3n) is 5.32. The number of unbranched alkanes of at least 4 members (excludes halogenated alkanes) is 1. The molecule has 0 aromatic heterocycles. The van der Waals surface area contributed by atoms with Crippen LogP contribution in [0.4, 0.5) is 0 Å². The maximum absolute atomic E-state index is 13.0. The molecule has 4 nitrogen and oxygen atoms in total. The van der Waals surface area contributed by atoms with Crippen molar-refractivity contribution in [2.24, 2.45) is 5.92 Å². The zero-order chi connectivity index (χ0) is 19.4. The second-order valence-corrected chi connectivity index (χ2v) is 6.92. The van der Waals surface area contributed by atoms with Crippen LogP contribution in [0.25, 0.3) is 0 Å². The van der Waals surface area contributed by atoms with Crippen molar-refractivity contribution in [2.45, 2.75) is 31.9 Å². The van der Waals surface area contributed by atoms with Crippen molar-refractivity contribution in [1.82, 2.24) is 4.90 Å². The van der Waals surface area contributed by atoms with Crippen LogP contribution in [-0.4, -0.2) is 29.6 Å². The maximum Gasteiger partial charge on any atom is 0.254 e. The first-order valence-electron chi connectivity index (χ1n) is 9.46. The SMILES string of the molecule is C=CC(C(O)c1ccc(OC)cc1)C1c2ccccc2C(=O)N1CCCC. The Morgan fingerprint density at radius 2 is 1.93 bits per heavy atom. The van der Waals surface area contributed by atoms with Crippen LogP contribution < -0.4 is 4.74 Å². The number of aliphatic hydroxyl groups excluding tert-OH is 1. The van der Waals surface area contributed by atoms with Gasteiger partial charge in [0.05, 0.1) is 19.3 Å². The van der Waals surface area contributed by atoms with Crippen molar-refractivity contribution in [3.8, 4) is 5.75 Å². The number of rotatable bonds is 8. The number of methoxy groups -OCH3 is 1. The lowest BCUT2D eigenvalue weighted by Gasteiger charge is -2.33. The summed E-state index contributed by atoms with van der Waals surface area (Å²) in [5.74, 6) is 0.479. The predicted octanol–water partition coefficient (Wildman–Crippen LogP) is 4.53. The lowest BCUT2D eigenvalue weighted by molar-refractivity contribution is 0.0493. The van der Waals surface area contributed by atoms with Crippen molar-refractivity contribution in [3.05, 3.63) is 77.9 Å². The molecule has 0 spiro atoms. The molecular formula is C23H27NO3. The zero-order valence-corrected chi connectivity index (χ0v) is 16.0. The van der Waals surface area contributed by atoms with Crippen LogP contribution in [-0.2, 0) is 0 Å². The fourth-order valence-corrected chi connectivity index (χ4v) is 3.84. The van der Waals surface area contributed by atoms with E-state index in [0.717, 1.165) is 35.3 Å². The van der Waals surface area contributed by atoms with Crippen molar-refractivity contribution in [3.63, 3.8) is 0 Å². The highest BCUT2D eigenvalue weighted by Gasteiger charge is 2.42. The molecule has 0 aliphatic carbocycles. The molecule has 1 heterocycles. The number of hydrogen-bond donors (Lipinski definition) is 1. The summed E-state index contributed by atoms with van der Waals surface area (Å²) >= 11 is 0. The van der Waals surface area contributed by atoms with Crippen molar-refractivity contribution in [2.75, 3.05) is 13.7 Å². The van der Waals surface area contributed by atoms with E-state index in [4.69, 9.17) is 4.74 Å². The summed E-state index contributed by atoms with van der Waals surface area (Å²) in [6, 6.07) is 14.9. The molecule has 1 N–H and O–H groups in total. The van der Waals surface area contributed by atoms with Gasteiger partial charge in [-0.25, -0.2) is 0 Å². The molecule has 1 aliphatic rings. The van der Waals surface area contributed by atoms with Gasteiger partial charge in [-0.05, 0) is 35.7 Å². The topological polar surface area (TPSA) is 49.8 Å². The quantitative estimate of drug-likeness (QED) is 0.699. The van der Waals surface area contributed by atoms with Crippen LogP contribution in [0.15, 0.2) is 61.2 Å². The van der Waals surface area contributed by atoms with Gasteiger partial charge in [0.15, 0.2) is 0 Å². The van der Waals surface area contributed by atoms with Crippen molar-refractivity contribution >= 4 is 5.91 Å². The van der Waals surface area contributed by atoms with Gasteiger partial charge in [-0.15, -0.1) is 6.58 Å². The van der Waals surface area contributed by atoms with Crippen molar-refractivity contribution < 1.29 is 14.6 Å². The van der Waals surface area contributed by atoms with E-state index in [1.54, 1.807) is 13.2 Å². The first-order chi connectivity index (χ1) is 13.1. The third-order valence-corrected chi connectivity index (χ3v) is 5.32. The van der Waals surface area contributed by atoms with Crippen LogP contribution in [0.2, 0.25) is 0 Å². The van der Waals surface area contributed by atoms with Crippen LogP contribution >= 0.6 is 0 Å². The van der Waals surface area contributed by atoms with E-state index >= 15 is 0 Å². The average molecular weight is 365 g/mol. The zero-order valence-electron chi connectivity index (χ0n) is 16.0. The molecule has 3 rings (SSSR count). The van der Waals surface area contributed by atoms with Gasteiger partial charge in [0.2, 0.25) is 0 Å². The number of fused-ring (bicyclic) bond motifs is 1. The predicted molar refractivity (Wildman–Crippen MR) is 107 cm³/mol. The van der Waals surface area contributed by atoms with E-state index in [-0.39, 0.29) is 17.9 Å². The summed E-state index contributed by atoms with van der Waals surface area (Å²) in [6.45, 7) is 6.76. The first kappa shape index (κ1) is 19.2. The van der Waals surface area contributed by atoms with E-state index in [2.05, 4.69) is 13.5 Å². The molecule has 0 saturated carbocycles. The Balaban J connectivity index is 1.97. The number of carbonyl (C=O) groups is 1. The Morgan fingerprint density at radius 1 is 1.22 bits per heavy atom. The summed E-state index contributed by atoms with van der Waals surface area (Å²) in [4.78, 5) is 14.9. The maximum atomic E-state index is 13.0. The van der Waals surface area contributed by atoms with Gasteiger partial charge in [0.25, 0.3) is 5.91 Å². The number of carbonyl (C=O) groups excluding carboxylic acids is 1. The highest BCUT2D eigenvalue weighted by atomic mass is 16.5. The van der Waals surface area contributed by atoms with Gasteiger partial charge < -0.3 is 14.7 Å². The molecule has 3 unspecified atom stereocenters. The van der Waals surface area contributed by atoms with Gasteiger partial charge in [-0.2, -0.15) is 0 Å². The summed E-state index contributed by atoms with van der Waals surface area (Å²) in [5.41, 5.74) is 2.48. The minimum atomic E-state index is -0.763. The Hall–Kier alpha value is -2.59. The third kappa shape index (κ3) is 3.62. The molecule has 3 atom stereocenters. The highest BCUT2D eigenvalue weighted by molar-refractivity contribution is 5.99. The fraction of sp³-hybridized carbons (Fsp3) is 0.348. The Kier molecular flexibility index (Phi) is 5.97. The van der Waals surface area contributed by atoms with E-state index in [0.29, 0.717) is 6.54 Å². The van der Waals surface area contributed by atoms with Crippen LogP contribution in [0.3, 0.4) is 0 Å². The molecule has 27 heavy (non-hydrogen) atoms. The number of benzene rings is 2. The summed E-state index contributed by atoms with van der Waals surface area (Å²) in [5, 5.41) is 11.1. The average Bonchev–Trinajstić information content (AvgIpc) is 2.99. The lowest BCUT2D eigenvalue weighted by Crippen LogP contribution is -2.34. The number of nitrogens with zero attached hydrogens (tertiary/aromatic N) is 1. The number of amides is 1. The van der Waals surface area contributed by atoms with Gasteiger partial charge in [0, 0.05) is 18.0 Å². The van der Waals surface area contributed by atoms with Gasteiger partial charge in [0.1, 0.15) is 5.75 Å². The molecule has 4 heteroatoms. The Bertz CT molecular complexity index is 800. The largest absolute Gasteiger partial charge is 0.497 e. The number of ether oxygens (including phenoxy) is 1. The van der Waals surface area contributed by atoms with Crippen LogP contribution in [0.1, 0.15) is 53.4 Å². The normalized spacial score (nSPS) is 18.1. The minimum Gasteiger partial charge on any atom is -0.497 e. The molecule has 1 aliphatic heterocycles. The Labute approximate surface area is 161 Å². The summed E-state index contributed by atoms with van der Waals surface area (Å²) in [7, 11) is 1.62. The molecule has 0 radical (unpaired) electrons. The second kappa shape index (κ2) is 8.40. The molecule has 0 fully saturated rings. The summed E-state index contributed by atoms with van der Waals surface area (Å²) in [6.07, 6.45) is 2.95. The molecule has 1 amide bonds. The molecule has 2 aromatic rings. The summed E-state index contributed by atoms with van der Waals surface area (Å²) < 4.78 is 5.20. The highest BCUT2D eigenvalue weighted by Crippen LogP contribution is 2.44. The minimum absolute atomic E-state index is 0.0397. The smallest absolute Gasteiger partial charge is 0.254 e. The van der Waals surface area contributed by atoms with E-state index in [1.165, 1.54) is 0 Å². The van der Waals surface area contributed by atoms with Crippen LogP contribution in [0, 0.1) is 5.92 Å². The monoisotopic (exact) mass is 365 g/mol. The van der Waals surface area contributed by atoms with E-state index in [1.807, 2.05) is 53.4 Å².